The molecular weight excluding hydrogens is 186 g/mol. The third kappa shape index (κ3) is 1.99. The molecule has 5 nitrogen and oxygen atoms in total. The van der Waals surface area contributed by atoms with E-state index < -0.39 is 17.8 Å². The normalized spacial score (nSPS) is 17.4. The summed E-state index contributed by atoms with van der Waals surface area (Å²) < 4.78 is 0. The van der Waals surface area contributed by atoms with Gasteiger partial charge in [0.15, 0.2) is 0 Å². The lowest BCUT2D eigenvalue weighted by atomic mass is 10.1. The van der Waals surface area contributed by atoms with Gasteiger partial charge in [0.25, 0.3) is 11.8 Å². The van der Waals surface area contributed by atoms with Gasteiger partial charge >= 0.3 is 5.97 Å². The Bertz CT molecular complexity index is 290. The Balaban J connectivity index is 2.57. The summed E-state index contributed by atoms with van der Waals surface area (Å²) in [6.07, 6.45) is 2.72. The molecule has 0 fully saturated rings. The Hall–Kier alpha value is -1.65. The van der Waals surface area contributed by atoms with E-state index in [1.165, 1.54) is 0 Å². The number of nitrogens with zero attached hydrogens (tertiary/aromatic N) is 1. The van der Waals surface area contributed by atoms with E-state index in [9.17, 15) is 14.4 Å². The molecule has 0 N–H and O–H groups in total. The molecule has 0 aliphatic carbocycles. The van der Waals surface area contributed by atoms with E-state index in [0.29, 0.717) is 11.5 Å². The maximum Gasteiger partial charge on any atom is 0.335 e. The first-order valence-corrected chi connectivity index (χ1v) is 4.34. The van der Waals surface area contributed by atoms with E-state index in [4.69, 9.17) is 0 Å². The molecule has 0 saturated heterocycles. The molecule has 1 rings (SSSR count). The second kappa shape index (κ2) is 4.04. The van der Waals surface area contributed by atoms with Crippen LogP contribution in [-0.4, -0.2) is 22.8 Å². The quantitative estimate of drug-likeness (QED) is 0.615. The molecule has 1 atom stereocenters. The SMILES string of the molecule is CCC(C)C(=O)ON1C(=O)C=CC1=O. The zero-order valence-corrected chi connectivity index (χ0v) is 8.02. The van der Waals surface area contributed by atoms with Crippen LogP contribution in [0.4, 0.5) is 0 Å². The highest BCUT2D eigenvalue weighted by molar-refractivity contribution is 6.12. The molecule has 0 aromatic carbocycles. The predicted molar refractivity (Wildman–Crippen MR) is 46.5 cm³/mol. The Morgan fingerprint density at radius 1 is 1.43 bits per heavy atom. The topological polar surface area (TPSA) is 63.7 Å². The van der Waals surface area contributed by atoms with Crippen LogP contribution < -0.4 is 0 Å². The van der Waals surface area contributed by atoms with E-state index in [1.807, 2.05) is 6.92 Å². The van der Waals surface area contributed by atoms with Gasteiger partial charge in [0.1, 0.15) is 0 Å². The van der Waals surface area contributed by atoms with Gasteiger partial charge in [-0.3, -0.25) is 9.59 Å². The van der Waals surface area contributed by atoms with Crippen molar-refractivity contribution in [1.82, 2.24) is 5.06 Å². The number of rotatable bonds is 3. The summed E-state index contributed by atoms with van der Waals surface area (Å²) in [6, 6.07) is 0. The molecule has 0 bridgehead atoms. The lowest BCUT2D eigenvalue weighted by Crippen LogP contribution is -2.34. The zero-order chi connectivity index (χ0) is 10.7. The van der Waals surface area contributed by atoms with Crippen molar-refractivity contribution in [2.45, 2.75) is 20.3 Å². The molecule has 1 aliphatic heterocycles. The van der Waals surface area contributed by atoms with Crippen LogP contribution in [-0.2, 0) is 19.2 Å². The van der Waals surface area contributed by atoms with Crippen molar-refractivity contribution < 1.29 is 19.2 Å². The molecule has 2 amide bonds. The average molecular weight is 197 g/mol. The summed E-state index contributed by atoms with van der Waals surface area (Å²) in [5.74, 6) is -2.13. The van der Waals surface area contributed by atoms with E-state index in [2.05, 4.69) is 4.84 Å². The molecule has 0 spiro atoms. The number of imide groups is 1. The van der Waals surface area contributed by atoms with Gasteiger partial charge < -0.3 is 4.84 Å². The van der Waals surface area contributed by atoms with Gasteiger partial charge in [0.2, 0.25) is 0 Å². The van der Waals surface area contributed by atoms with Gasteiger partial charge in [0.05, 0.1) is 5.92 Å². The van der Waals surface area contributed by atoms with Gasteiger partial charge in [-0.15, -0.1) is 0 Å². The molecule has 0 aromatic rings. The van der Waals surface area contributed by atoms with Gasteiger partial charge in [-0.25, -0.2) is 4.79 Å². The second-order valence-electron chi connectivity index (χ2n) is 3.02. The summed E-state index contributed by atoms with van der Waals surface area (Å²) in [6.45, 7) is 3.48. The van der Waals surface area contributed by atoms with Crippen molar-refractivity contribution in [2.75, 3.05) is 0 Å². The van der Waals surface area contributed by atoms with Crippen molar-refractivity contribution >= 4 is 17.8 Å². The highest BCUT2D eigenvalue weighted by atomic mass is 16.7. The van der Waals surface area contributed by atoms with Crippen LogP contribution in [0.5, 0.6) is 0 Å². The Morgan fingerprint density at radius 3 is 2.36 bits per heavy atom. The summed E-state index contributed by atoms with van der Waals surface area (Å²) in [5.41, 5.74) is 0. The largest absolute Gasteiger partial charge is 0.335 e. The molecule has 1 heterocycles. The molecule has 1 aliphatic rings. The monoisotopic (exact) mass is 197 g/mol. The Labute approximate surface area is 81.3 Å². The van der Waals surface area contributed by atoms with Crippen LogP contribution in [0.2, 0.25) is 0 Å². The van der Waals surface area contributed by atoms with E-state index >= 15 is 0 Å². The summed E-state index contributed by atoms with van der Waals surface area (Å²) in [4.78, 5) is 37.8. The van der Waals surface area contributed by atoms with Crippen LogP contribution in [0.15, 0.2) is 12.2 Å². The lowest BCUT2D eigenvalue weighted by Gasteiger charge is -2.14. The first-order valence-electron chi connectivity index (χ1n) is 4.34. The highest BCUT2D eigenvalue weighted by Gasteiger charge is 2.29. The van der Waals surface area contributed by atoms with Crippen LogP contribution in [0.3, 0.4) is 0 Å². The standard InChI is InChI=1S/C9H11NO4/c1-3-6(2)9(13)14-10-7(11)4-5-8(10)12/h4-6H,3H2,1-2H3. The maximum absolute atomic E-state index is 11.2. The van der Waals surface area contributed by atoms with Crippen LogP contribution in [0, 0.1) is 5.92 Å². The maximum atomic E-state index is 11.2. The minimum atomic E-state index is -0.619. The summed E-state index contributed by atoms with van der Waals surface area (Å²) >= 11 is 0. The van der Waals surface area contributed by atoms with Crippen molar-refractivity contribution in [3.63, 3.8) is 0 Å². The highest BCUT2D eigenvalue weighted by Crippen LogP contribution is 2.09. The lowest BCUT2D eigenvalue weighted by molar-refractivity contribution is -0.199. The van der Waals surface area contributed by atoms with E-state index in [0.717, 1.165) is 12.2 Å². The van der Waals surface area contributed by atoms with Crippen LogP contribution >= 0.6 is 0 Å². The Morgan fingerprint density at radius 2 is 1.93 bits per heavy atom. The summed E-state index contributed by atoms with van der Waals surface area (Å²) in [7, 11) is 0. The molecule has 0 radical (unpaired) electrons. The van der Waals surface area contributed by atoms with Crippen molar-refractivity contribution in [3.05, 3.63) is 12.2 Å². The zero-order valence-electron chi connectivity index (χ0n) is 8.02. The fraction of sp³-hybridized carbons (Fsp3) is 0.444. The molecule has 76 valence electrons. The van der Waals surface area contributed by atoms with Gasteiger partial charge in [-0.1, -0.05) is 18.9 Å². The fourth-order valence-electron chi connectivity index (χ4n) is 0.823. The van der Waals surface area contributed by atoms with Crippen LogP contribution in [0.25, 0.3) is 0 Å². The van der Waals surface area contributed by atoms with Crippen molar-refractivity contribution in [1.29, 1.82) is 0 Å². The smallest absolute Gasteiger partial charge is 0.330 e. The van der Waals surface area contributed by atoms with Gasteiger partial charge in [0, 0.05) is 12.2 Å². The molecule has 0 aromatic heterocycles. The minimum Gasteiger partial charge on any atom is -0.330 e. The fourth-order valence-corrected chi connectivity index (χ4v) is 0.823. The number of hydrogen-bond acceptors (Lipinski definition) is 4. The Kier molecular flexibility index (Phi) is 3.01. The molecular formula is C9H11NO4. The third-order valence-electron chi connectivity index (χ3n) is 1.96. The number of hydrogen-bond donors (Lipinski definition) is 0. The van der Waals surface area contributed by atoms with Gasteiger partial charge in [-0.05, 0) is 6.42 Å². The number of carbonyl (C=O) groups excluding carboxylic acids is 3. The summed E-state index contributed by atoms with van der Waals surface area (Å²) in [5, 5.41) is 0.467. The first-order chi connectivity index (χ1) is 6.56. The third-order valence-corrected chi connectivity index (χ3v) is 1.96. The number of carbonyl (C=O) groups is 3. The first kappa shape index (κ1) is 10.4. The molecule has 1 unspecified atom stereocenters. The molecule has 0 saturated carbocycles. The van der Waals surface area contributed by atoms with Crippen LogP contribution in [0.1, 0.15) is 20.3 Å². The van der Waals surface area contributed by atoms with Crippen molar-refractivity contribution in [3.8, 4) is 0 Å². The van der Waals surface area contributed by atoms with E-state index in [1.54, 1.807) is 6.92 Å². The molecule has 5 heteroatoms. The van der Waals surface area contributed by atoms with Crippen molar-refractivity contribution in [2.24, 2.45) is 5.92 Å². The molecule has 14 heavy (non-hydrogen) atoms. The second-order valence-corrected chi connectivity index (χ2v) is 3.02. The average Bonchev–Trinajstić information content (AvgIpc) is 2.48. The van der Waals surface area contributed by atoms with E-state index in [-0.39, 0.29) is 5.92 Å². The number of hydroxylamine groups is 2. The minimum absolute atomic E-state index is 0.323. The number of amides is 2. The predicted octanol–water partition coefficient (Wildman–Crippen LogP) is 0.416. The van der Waals surface area contributed by atoms with Gasteiger partial charge in [-0.2, -0.15) is 0 Å².